The highest BCUT2D eigenvalue weighted by atomic mass is 127. The highest BCUT2D eigenvalue weighted by Crippen LogP contribution is 2.21. The van der Waals surface area contributed by atoms with Gasteiger partial charge in [0, 0.05) is 65.6 Å². The van der Waals surface area contributed by atoms with Crippen molar-refractivity contribution >= 4 is 41.5 Å². The number of benzene rings is 1. The molecule has 8 heteroatoms. The van der Waals surface area contributed by atoms with Crippen LogP contribution in [-0.4, -0.2) is 70.8 Å². The van der Waals surface area contributed by atoms with E-state index < -0.39 is 0 Å². The molecule has 0 aliphatic carbocycles. The van der Waals surface area contributed by atoms with E-state index in [1.54, 1.807) is 14.2 Å². The van der Waals surface area contributed by atoms with Crippen molar-refractivity contribution in [1.82, 2.24) is 15.5 Å². The van der Waals surface area contributed by atoms with E-state index in [0.29, 0.717) is 13.0 Å². The average Bonchev–Trinajstić information content (AvgIpc) is 2.71. The molecule has 0 spiro atoms. The second-order valence-electron chi connectivity index (χ2n) is 7.17. The molecule has 29 heavy (non-hydrogen) atoms. The predicted octanol–water partition coefficient (Wildman–Crippen LogP) is 2.45. The lowest BCUT2D eigenvalue weighted by molar-refractivity contribution is -0.119. The minimum absolute atomic E-state index is 0. The van der Waals surface area contributed by atoms with Gasteiger partial charge in [0.05, 0.1) is 0 Å². The van der Waals surface area contributed by atoms with Crippen molar-refractivity contribution in [2.75, 3.05) is 58.9 Å². The van der Waals surface area contributed by atoms with Crippen molar-refractivity contribution in [3.05, 3.63) is 29.8 Å². The third kappa shape index (κ3) is 9.31. The maximum atomic E-state index is 12.0. The number of halogens is 1. The van der Waals surface area contributed by atoms with Crippen LogP contribution >= 0.6 is 24.0 Å². The minimum atomic E-state index is 0. The first-order valence-corrected chi connectivity index (χ1v) is 10.2. The molecule has 1 aliphatic rings. The standard InChI is InChI=1S/C21H35N5O2.HI/c1-22-21(23-12-15-25(2)13-6-16-28-3)24-17-18-8-10-19(11-9-18)26-14-5-4-7-20(26)27;/h8-11H,4-7,12-17H2,1-3H3,(H2,22,23,24);1H. The number of guanidine groups is 1. The number of piperidine rings is 1. The summed E-state index contributed by atoms with van der Waals surface area (Å²) >= 11 is 0. The van der Waals surface area contributed by atoms with E-state index in [1.165, 1.54) is 0 Å². The number of amides is 1. The largest absolute Gasteiger partial charge is 0.385 e. The number of hydrogen-bond acceptors (Lipinski definition) is 4. The molecule has 0 bridgehead atoms. The van der Waals surface area contributed by atoms with Crippen molar-refractivity contribution in [3.8, 4) is 0 Å². The Balaban J connectivity index is 0.00000420. The Hall–Kier alpha value is -1.39. The summed E-state index contributed by atoms with van der Waals surface area (Å²) in [5, 5.41) is 6.68. The molecule has 1 aliphatic heterocycles. The van der Waals surface area contributed by atoms with Crippen LogP contribution in [0.1, 0.15) is 31.2 Å². The zero-order valence-electron chi connectivity index (χ0n) is 17.9. The molecule has 0 atom stereocenters. The van der Waals surface area contributed by atoms with E-state index in [-0.39, 0.29) is 29.9 Å². The Morgan fingerprint density at radius 2 is 1.97 bits per heavy atom. The molecule has 0 unspecified atom stereocenters. The molecule has 0 saturated carbocycles. The highest BCUT2D eigenvalue weighted by Gasteiger charge is 2.19. The smallest absolute Gasteiger partial charge is 0.226 e. The van der Waals surface area contributed by atoms with Crippen LogP contribution in [0.2, 0.25) is 0 Å². The Bertz CT molecular complexity index is 624. The van der Waals surface area contributed by atoms with Crippen molar-refractivity contribution in [3.63, 3.8) is 0 Å². The maximum Gasteiger partial charge on any atom is 0.226 e. The van der Waals surface area contributed by atoms with Gasteiger partial charge in [-0.1, -0.05) is 12.1 Å². The van der Waals surface area contributed by atoms with Gasteiger partial charge in [0.1, 0.15) is 0 Å². The van der Waals surface area contributed by atoms with E-state index >= 15 is 0 Å². The second-order valence-corrected chi connectivity index (χ2v) is 7.17. The lowest BCUT2D eigenvalue weighted by atomic mass is 10.1. The number of carbonyl (C=O) groups excluding carboxylic acids is 1. The highest BCUT2D eigenvalue weighted by molar-refractivity contribution is 14.0. The number of hydrogen-bond donors (Lipinski definition) is 2. The SMILES string of the molecule is CN=C(NCCN(C)CCCOC)NCc1ccc(N2CCCCC2=O)cc1.I. The third-order valence-electron chi connectivity index (χ3n) is 4.93. The number of nitrogens with one attached hydrogen (secondary N) is 2. The lowest BCUT2D eigenvalue weighted by Crippen LogP contribution is -2.40. The van der Waals surface area contributed by atoms with Crippen LogP contribution in [0.15, 0.2) is 29.3 Å². The van der Waals surface area contributed by atoms with E-state index in [9.17, 15) is 4.79 Å². The first-order chi connectivity index (χ1) is 13.6. The topological polar surface area (TPSA) is 69.2 Å². The number of aliphatic imine (C=N–C) groups is 1. The van der Waals surface area contributed by atoms with E-state index in [4.69, 9.17) is 4.74 Å². The summed E-state index contributed by atoms with van der Waals surface area (Å²) in [6.07, 6.45) is 3.79. The van der Waals surface area contributed by atoms with Gasteiger partial charge in [-0.2, -0.15) is 0 Å². The van der Waals surface area contributed by atoms with Crippen molar-refractivity contribution in [2.45, 2.75) is 32.2 Å². The molecule has 1 saturated heterocycles. The van der Waals surface area contributed by atoms with Crippen molar-refractivity contribution in [2.24, 2.45) is 4.99 Å². The fraction of sp³-hybridized carbons (Fsp3) is 0.619. The third-order valence-corrected chi connectivity index (χ3v) is 4.93. The quantitative estimate of drug-likeness (QED) is 0.216. The number of rotatable bonds is 10. The van der Waals surface area contributed by atoms with Gasteiger partial charge < -0.3 is 25.2 Å². The normalized spacial score (nSPS) is 14.7. The minimum Gasteiger partial charge on any atom is -0.385 e. The molecule has 1 aromatic rings. The van der Waals surface area contributed by atoms with Gasteiger partial charge in [0.15, 0.2) is 5.96 Å². The summed E-state index contributed by atoms with van der Waals surface area (Å²) in [6.45, 7) is 5.12. The zero-order chi connectivity index (χ0) is 20.2. The lowest BCUT2D eigenvalue weighted by Gasteiger charge is -2.26. The number of likely N-dealkylation sites (N-methyl/N-ethyl adjacent to an activating group) is 1. The molecule has 0 radical (unpaired) electrons. The first kappa shape index (κ1) is 25.6. The monoisotopic (exact) mass is 517 g/mol. The molecule has 1 heterocycles. The van der Waals surface area contributed by atoms with Gasteiger partial charge in [-0.05, 0) is 44.0 Å². The van der Waals surface area contributed by atoms with Gasteiger partial charge >= 0.3 is 0 Å². The maximum absolute atomic E-state index is 12.0. The molecule has 2 N–H and O–H groups in total. The Morgan fingerprint density at radius 1 is 1.21 bits per heavy atom. The second kappa shape index (κ2) is 14.6. The molecule has 7 nitrogen and oxygen atoms in total. The Morgan fingerprint density at radius 3 is 2.62 bits per heavy atom. The molecule has 1 aromatic carbocycles. The van der Waals surface area contributed by atoms with Crippen molar-refractivity contribution < 1.29 is 9.53 Å². The molecule has 2 rings (SSSR count). The summed E-state index contributed by atoms with van der Waals surface area (Å²) in [6, 6.07) is 8.21. The summed E-state index contributed by atoms with van der Waals surface area (Å²) in [5.41, 5.74) is 2.15. The molecule has 0 aromatic heterocycles. The predicted molar refractivity (Wildman–Crippen MR) is 130 cm³/mol. The van der Waals surface area contributed by atoms with Crippen LogP contribution in [-0.2, 0) is 16.1 Å². The van der Waals surface area contributed by atoms with Gasteiger partial charge in [-0.3, -0.25) is 9.79 Å². The molecule has 1 amide bonds. The Kier molecular flexibility index (Phi) is 12.9. The van der Waals surface area contributed by atoms with Gasteiger partial charge in [0.25, 0.3) is 0 Å². The molecular weight excluding hydrogens is 481 g/mol. The number of methoxy groups -OCH3 is 1. The summed E-state index contributed by atoms with van der Waals surface area (Å²) < 4.78 is 5.08. The van der Waals surface area contributed by atoms with Crippen LogP contribution < -0.4 is 15.5 Å². The van der Waals surface area contributed by atoms with E-state index in [1.807, 2.05) is 17.0 Å². The number of ether oxygens (including phenoxy) is 1. The summed E-state index contributed by atoms with van der Waals surface area (Å²) in [4.78, 5) is 20.5. The van der Waals surface area contributed by atoms with Gasteiger partial charge in [-0.15, -0.1) is 24.0 Å². The van der Waals surface area contributed by atoms with Crippen LogP contribution in [0.4, 0.5) is 5.69 Å². The zero-order valence-corrected chi connectivity index (χ0v) is 20.3. The number of nitrogens with zero attached hydrogens (tertiary/aromatic N) is 3. The fourth-order valence-corrected chi connectivity index (χ4v) is 3.23. The summed E-state index contributed by atoms with van der Waals surface area (Å²) in [7, 11) is 5.63. The molecule has 1 fully saturated rings. The van der Waals surface area contributed by atoms with Crippen molar-refractivity contribution in [1.29, 1.82) is 0 Å². The van der Waals surface area contributed by atoms with E-state index in [0.717, 1.165) is 69.3 Å². The first-order valence-electron chi connectivity index (χ1n) is 10.2. The van der Waals surface area contributed by atoms with Crippen LogP contribution in [0.25, 0.3) is 0 Å². The Labute approximate surface area is 192 Å². The summed E-state index contributed by atoms with van der Waals surface area (Å²) in [5.74, 6) is 1.02. The molecule has 164 valence electrons. The van der Waals surface area contributed by atoms with E-state index in [2.05, 4.69) is 39.7 Å². The van der Waals surface area contributed by atoms with Crippen LogP contribution in [0.3, 0.4) is 0 Å². The van der Waals surface area contributed by atoms with Crippen LogP contribution in [0.5, 0.6) is 0 Å². The van der Waals surface area contributed by atoms with Crippen LogP contribution in [0, 0.1) is 0 Å². The van der Waals surface area contributed by atoms with Gasteiger partial charge in [-0.25, -0.2) is 0 Å². The number of anilines is 1. The average molecular weight is 517 g/mol. The number of carbonyl (C=O) groups is 1. The van der Waals surface area contributed by atoms with Gasteiger partial charge in [0.2, 0.25) is 5.91 Å². The fourth-order valence-electron chi connectivity index (χ4n) is 3.23. The molecular formula is C21H36IN5O2.